The number of halogens is 1. The SMILES string of the molecule is CCCC(C)C(O)c1cc(F)ccc1C. The van der Waals surface area contributed by atoms with E-state index in [1.54, 1.807) is 6.07 Å². The van der Waals surface area contributed by atoms with Crippen molar-refractivity contribution in [3.63, 3.8) is 0 Å². The summed E-state index contributed by atoms with van der Waals surface area (Å²) >= 11 is 0. The second-order valence-corrected chi connectivity index (χ2v) is 4.21. The highest BCUT2D eigenvalue weighted by atomic mass is 19.1. The van der Waals surface area contributed by atoms with Crippen LogP contribution < -0.4 is 0 Å². The fourth-order valence-corrected chi connectivity index (χ4v) is 1.85. The minimum atomic E-state index is -0.555. The molecule has 1 N–H and O–H groups in total. The normalized spacial score (nSPS) is 15.0. The van der Waals surface area contributed by atoms with E-state index in [-0.39, 0.29) is 11.7 Å². The Bertz CT molecular complexity index is 322. The molecule has 0 bridgehead atoms. The molecule has 0 aromatic heterocycles. The zero-order chi connectivity index (χ0) is 11.4. The maximum Gasteiger partial charge on any atom is 0.123 e. The Labute approximate surface area is 90.9 Å². The Morgan fingerprint density at radius 2 is 2.07 bits per heavy atom. The average molecular weight is 210 g/mol. The van der Waals surface area contributed by atoms with Gasteiger partial charge in [-0.15, -0.1) is 0 Å². The predicted octanol–water partition coefficient (Wildman–Crippen LogP) is 3.60. The Hall–Kier alpha value is -0.890. The van der Waals surface area contributed by atoms with E-state index in [1.165, 1.54) is 12.1 Å². The van der Waals surface area contributed by atoms with Crippen LogP contribution in [0, 0.1) is 18.7 Å². The van der Waals surface area contributed by atoms with Crippen molar-refractivity contribution >= 4 is 0 Å². The molecule has 15 heavy (non-hydrogen) atoms. The second-order valence-electron chi connectivity index (χ2n) is 4.21. The van der Waals surface area contributed by atoms with E-state index in [4.69, 9.17) is 0 Å². The van der Waals surface area contributed by atoms with E-state index in [0.29, 0.717) is 0 Å². The summed E-state index contributed by atoms with van der Waals surface area (Å²) in [6, 6.07) is 4.58. The first-order chi connectivity index (χ1) is 7.06. The lowest BCUT2D eigenvalue weighted by atomic mass is 9.91. The molecule has 0 saturated carbocycles. The van der Waals surface area contributed by atoms with Crippen molar-refractivity contribution < 1.29 is 9.50 Å². The Balaban J connectivity index is 2.89. The van der Waals surface area contributed by atoms with E-state index in [1.807, 2.05) is 13.8 Å². The lowest BCUT2D eigenvalue weighted by molar-refractivity contribution is 0.111. The van der Waals surface area contributed by atoms with Crippen LogP contribution in [0.25, 0.3) is 0 Å². The van der Waals surface area contributed by atoms with Gasteiger partial charge in [-0.1, -0.05) is 26.3 Å². The molecule has 1 aromatic carbocycles. The second kappa shape index (κ2) is 5.26. The molecule has 0 saturated heterocycles. The largest absolute Gasteiger partial charge is 0.388 e. The molecule has 0 spiro atoms. The molecule has 0 aliphatic rings. The number of hydrogen-bond donors (Lipinski definition) is 1. The Morgan fingerprint density at radius 3 is 2.67 bits per heavy atom. The molecule has 0 fully saturated rings. The number of benzene rings is 1. The van der Waals surface area contributed by atoms with Gasteiger partial charge in [-0.05, 0) is 42.5 Å². The van der Waals surface area contributed by atoms with Gasteiger partial charge in [0.1, 0.15) is 5.82 Å². The summed E-state index contributed by atoms with van der Waals surface area (Å²) in [6.07, 6.45) is 1.43. The summed E-state index contributed by atoms with van der Waals surface area (Å²) in [5.74, 6) is -0.103. The minimum absolute atomic E-state index is 0.176. The molecule has 1 rings (SSSR count). The van der Waals surface area contributed by atoms with E-state index >= 15 is 0 Å². The minimum Gasteiger partial charge on any atom is -0.388 e. The van der Waals surface area contributed by atoms with E-state index in [0.717, 1.165) is 24.0 Å². The van der Waals surface area contributed by atoms with Gasteiger partial charge >= 0.3 is 0 Å². The molecule has 0 aliphatic heterocycles. The van der Waals surface area contributed by atoms with Crippen LogP contribution in [-0.4, -0.2) is 5.11 Å². The first kappa shape index (κ1) is 12.2. The monoisotopic (exact) mass is 210 g/mol. The summed E-state index contributed by atoms with van der Waals surface area (Å²) in [6.45, 7) is 5.98. The Morgan fingerprint density at radius 1 is 1.40 bits per heavy atom. The van der Waals surface area contributed by atoms with Gasteiger partial charge in [0.05, 0.1) is 6.10 Å². The highest BCUT2D eigenvalue weighted by molar-refractivity contribution is 5.28. The Kier molecular flexibility index (Phi) is 4.28. The van der Waals surface area contributed by atoms with Gasteiger partial charge in [-0.2, -0.15) is 0 Å². The van der Waals surface area contributed by atoms with Gasteiger partial charge in [0.25, 0.3) is 0 Å². The quantitative estimate of drug-likeness (QED) is 0.805. The fraction of sp³-hybridized carbons (Fsp3) is 0.538. The van der Waals surface area contributed by atoms with Crippen molar-refractivity contribution in [3.8, 4) is 0 Å². The van der Waals surface area contributed by atoms with Gasteiger partial charge < -0.3 is 5.11 Å². The molecule has 2 heteroatoms. The lowest BCUT2D eigenvalue weighted by Gasteiger charge is -2.20. The molecule has 1 aromatic rings. The molecule has 2 unspecified atom stereocenters. The number of aliphatic hydroxyl groups excluding tert-OH is 1. The predicted molar refractivity (Wildman–Crippen MR) is 60.2 cm³/mol. The third-order valence-electron chi connectivity index (χ3n) is 2.84. The zero-order valence-corrected chi connectivity index (χ0v) is 9.63. The topological polar surface area (TPSA) is 20.2 Å². The van der Waals surface area contributed by atoms with Crippen LogP contribution in [0.2, 0.25) is 0 Å². The average Bonchev–Trinajstić information content (AvgIpc) is 2.21. The van der Waals surface area contributed by atoms with Crippen molar-refractivity contribution in [1.82, 2.24) is 0 Å². The van der Waals surface area contributed by atoms with E-state index in [9.17, 15) is 9.50 Å². The van der Waals surface area contributed by atoms with Crippen LogP contribution in [0.3, 0.4) is 0 Å². The van der Waals surface area contributed by atoms with Crippen molar-refractivity contribution in [3.05, 3.63) is 35.1 Å². The molecule has 0 heterocycles. The molecule has 2 atom stereocenters. The molecule has 0 radical (unpaired) electrons. The van der Waals surface area contributed by atoms with Crippen LogP contribution in [0.5, 0.6) is 0 Å². The highest BCUT2D eigenvalue weighted by Gasteiger charge is 2.17. The number of hydrogen-bond acceptors (Lipinski definition) is 1. The molecular formula is C13H19FO. The van der Waals surface area contributed by atoms with Crippen LogP contribution in [0.15, 0.2) is 18.2 Å². The van der Waals surface area contributed by atoms with E-state index in [2.05, 4.69) is 6.92 Å². The summed E-state index contributed by atoms with van der Waals surface area (Å²) in [5, 5.41) is 10.1. The summed E-state index contributed by atoms with van der Waals surface area (Å²) in [7, 11) is 0. The first-order valence-electron chi connectivity index (χ1n) is 5.50. The van der Waals surface area contributed by atoms with Gasteiger partial charge in [-0.25, -0.2) is 4.39 Å². The van der Waals surface area contributed by atoms with Gasteiger partial charge in [0.2, 0.25) is 0 Å². The van der Waals surface area contributed by atoms with E-state index < -0.39 is 6.10 Å². The maximum atomic E-state index is 13.0. The van der Waals surface area contributed by atoms with Crippen molar-refractivity contribution in [1.29, 1.82) is 0 Å². The lowest BCUT2D eigenvalue weighted by Crippen LogP contribution is -2.10. The van der Waals surface area contributed by atoms with Crippen LogP contribution >= 0.6 is 0 Å². The summed E-state index contributed by atoms with van der Waals surface area (Å²) in [5.41, 5.74) is 1.67. The smallest absolute Gasteiger partial charge is 0.123 e. The first-order valence-corrected chi connectivity index (χ1v) is 5.50. The molecule has 0 aliphatic carbocycles. The standard InChI is InChI=1S/C13H19FO/c1-4-5-10(3)13(15)12-8-11(14)7-6-9(12)2/h6-8,10,13,15H,4-5H2,1-3H3. The van der Waals surface area contributed by atoms with Gasteiger partial charge in [0, 0.05) is 0 Å². The molecular weight excluding hydrogens is 191 g/mol. The van der Waals surface area contributed by atoms with Gasteiger partial charge in [0.15, 0.2) is 0 Å². The number of aryl methyl sites for hydroxylation is 1. The van der Waals surface area contributed by atoms with Crippen molar-refractivity contribution in [2.24, 2.45) is 5.92 Å². The molecule has 0 amide bonds. The van der Waals surface area contributed by atoms with Crippen LogP contribution in [0.1, 0.15) is 43.9 Å². The zero-order valence-electron chi connectivity index (χ0n) is 9.63. The number of rotatable bonds is 4. The third-order valence-corrected chi connectivity index (χ3v) is 2.84. The fourth-order valence-electron chi connectivity index (χ4n) is 1.85. The number of aliphatic hydroxyl groups is 1. The van der Waals surface area contributed by atoms with Gasteiger partial charge in [-0.3, -0.25) is 0 Å². The summed E-state index contributed by atoms with van der Waals surface area (Å²) < 4.78 is 13.0. The molecule has 1 nitrogen and oxygen atoms in total. The third kappa shape index (κ3) is 3.03. The highest BCUT2D eigenvalue weighted by Crippen LogP contribution is 2.28. The van der Waals surface area contributed by atoms with Crippen LogP contribution in [0.4, 0.5) is 4.39 Å². The van der Waals surface area contributed by atoms with Crippen molar-refractivity contribution in [2.45, 2.75) is 39.7 Å². The maximum absolute atomic E-state index is 13.0. The van der Waals surface area contributed by atoms with Crippen LogP contribution in [-0.2, 0) is 0 Å². The van der Waals surface area contributed by atoms with Crippen molar-refractivity contribution in [2.75, 3.05) is 0 Å². The molecule has 84 valence electrons. The summed E-state index contributed by atoms with van der Waals surface area (Å²) in [4.78, 5) is 0.